The zero-order valence-corrected chi connectivity index (χ0v) is 13.4. The molecule has 0 unspecified atom stereocenters. The molecular weight excluding hydrogens is 364 g/mol. The summed E-state index contributed by atoms with van der Waals surface area (Å²) in [5, 5.41) is 0.226. The molecule has 0 fully saturated rings. The highest BCUT2D eigenvalue weighted by atomic mass is 79.9. The lowest BCUT2D eigenvalue weighted by Gasteiger charge is -2.19. The van der Waals surface area contributed by atoms with Gasteiger partial charge in [0.2, 0.25) is 0 Å². The maximum atomic E-state index is 13.7. The number of carbonyl (C=O) groups is 1. The average molecular weight is 375 g/mol. The van der Waals surface area contributed by atoms with E-state index in [0.717, 1.165) is 0 Å². The van der Waals surface area contributed by atoms with E-state index in [1.165, 1.54) is 48.3 Å². The Bertz CT molecular complexity index is 673. The van der Waals surface area contributed by atoms with E-state index in [-0.39, 0.29) is 22.7 Å². The van der Waals surface area contributed by atoms with Crippen molar-refractivity contribution in [2.75, 3.05) is 7.05 Å². The van der Waals surface area contributed by atoms with Crippen LogP contribution in [0.25, 0.3) is 0 Å². The molecule has 2 nitrogen and oxygen atoms in total. The van der Waals surface area contributed by atoms with Gasteiger partial charge in [-0.05, 0) is 30.3 Å². The Morgan fingerprint density at radius 2 is 1.95 bits per heavy atom. The minimum Gasteiger partial charge on any atom is -0.337 e. The van der Waals surface area contributed by atoms with Crippen molar-refractivity contribution in [2.45, 2.75) is 6.54 Å². The van der Waals surface area contributed by atoms with Gasteiger partial charge in [0.05, 0.1) is 5.56 Å². The monoisotopic (exact) mass is 373 g/mol. The predicted molar refractivity (Wildman–Crippen MR) is 81.3 cm³/mol. The Labute approximate surface area is 134 Å². The van der Waals surface area contributed by atoms with Crippen LogP contribution in [0.4, 0.5) is 8.78 Å². The molecule has 0 saturated carbocycles. The Morgan fingerprint density at radius 1 is 1.24 bits per heavy atom. The van der Waals surface area contributed by atoms with Crippen LogP contribution < -0.4 is 0 Å². The van der Waals surface area contributed by atoms with Gasteiger partial charge < -0.3 is 4.90 Å². The van der Waals surface area contributed by atoms with Gasteiger partial charge in [-0.3, -0.25) is 4.79 Å². The van der Waals surface area contributed by atoms with Crippen molar-refractivity contribution < 1.29 is 13.6 Å². The molecule has 2 aromatic rings. The number of benzene rings is 2. The summed E-state index contributed by atoms with van der Waals surface area (Å²) in [5.74, 6) is -1.68. The van der Waals surface area contributed by atoms with Crippen LogP contribution in [-0.4, -0.2) is 17.9 Å². The number of hydrogen-bond donors (Lipinski definition) is 0. The summed E-state index contributed by atoms with van der Waals surface area (Å²) in [7, 11) is 1.46. The fourth-order valence-corrected chi connectivity index (χ4v) is 2.44. The van der Waals surface area contributed by atoms with Crippen LogP contribution in [0, 0.1) is 11.6 Å². The molecule has 0 bridgehead atoms. The summed E-state index contributed by atoms with van der Waals surface area (Å²) in [6.07, 6.45) is 0. The van der Waals surface area contributed by atoms with Crippen molar-refractivity contribution in [1.29, 1.82) is 0 Å². The Morgan fingerprint density at radius 3 is 2.62 bits per heavy atom. The molecule has 0 radical (unpaired) electrons. The first-order chi connectivity index (χ1) is 9.90. The second-order valence-corrected chi connectivity index (χ2v) is 5.81. The normalized spacial score (nSPS) is 10.5. The third-order valence-electron chi connectivity index (χ3n) is 2.96. The smallest absolute Gasteiger partial charge is 0.256 e. The van der Waals surface area contributed by atoms with Crippen molar-refractivity contribution in [2.24, 2.45) is 0 Å². The zero-order chi connectivity index (χ0) is 15.6. The molecule has 0 aliphatic carbocycles. The molecule has 0 saturated heterocycles. The van der Waals surface area contributed by atoms with Crippen molar-refractivity contribution in [3.8, 4) is 0 Å². The van der Waals surface area contributed by atoms with Gasteiger partial charge >= 0.3 is 0 Å². The third kappa shape index (κ3) is 3.60. The maximum Gasteiger partial charge on any atom is 0.256 e. The number of nitrogens with zero attached hydrogens (tertiary/aromatic N) is 1. The number of amides is 1. The van der Waals surface area contributed by atoms with Gasteiger partial charge in [0.1, 0.15) is 11.6 Å². The summed E-state index contributed by atoms with van der Waals surface area (Å²) < 4.78 is 28.0. The van der Waals surface area contributed by atoms with Gasteiger partial charge in [-0.2, -0.15) is 0 Å². The number of hydrogen-bond acceptors (Lipinski definition) is 1. The van der Waals surface area contributed by atoms with Gasteiger partial charge in [0, 0.05) is 28.7 Å². The maximum absolute atomic E-state index is 13.7. The SMILES string of the molecule is CN(Cc1c(F)cccc1Cl)C(=O)c1cc(Br)ccc1F. The minimum atomic E-state index is -0.630. The first-order valence-electron chi connectivity index (χ1n) is 6.03. The van der Waals surface area contributed by atoms with Gasteiger partial charge in [-0.25, -0.2) is 8.78 Å². The minimum absolute atomic E-state index is 0.0453. The lowest BCUT2D eigenvalue weighted by Crippen LogP contribution is -2.27. The second-order valence-electron chi connectivity index (χ2n) is 4.49. The third-order valence-corrected chi connectivity index (χ3v) is 3.81. The molecule has 110 valence electrons. The lowest BCUT2D eigenvalue weighted by molar-refractivity contribution is 0.0779. The molecular formula is C15H11BrClF2NO. The van der Waals surface area contributed by atoms with Gasteiger partial charge in [0.25, 0.3) is 5.91 Å². The summed E-state index contributed by atoms with van der Waals surface area (Å²) in [5.41, 5.74) is 0.116. The number of halogens is 4. The summed E-state index contributed by atoms with van der Waals surface area (Å²) in [6.45, 7) is -0.0453. The van der Waals surface area contributed by atoms with Gasteiger partial charge in [0.15, 0.2) is 0 Å². The first-order valence-corrected chi connectivity index (χ1v) is 7.20. The first kappa shape index (κ1) is 15.9. The summed E-state index contributed by atoms with van der Waals surface area (Å²) >= 11 is 9.11. The van der Waals surface area contributed by atoms with Crippen molar-refractivity contribution >= 4 is 33.4 Å². The Hall–Kier alpha value is -1.46. The molecule has 2 rings (SSSR count). The van der Waals surface area contributed by atoms with Crippen molar-refractivity contribution in [3.05, 3.63) is 68.7 Å². The molecule has 0 N–H and O–H groups in total. The average Bonchev–Trinajstić information content (AvgIpc) is 2.44. The molecule has 2 aromatic carbocycles. The fraction of sp³-hybridized carbons (Fsp3) is 0.133. The molecule has 1 amide bonds. The predicted octanol–water partition coefficient (Wildman–Crippen LogP) is 4.65. The highest BCUT2D eigenvalue weighted by Crippen LogP contribution is 2.22. The van der Waals surface area contributed by atoms with E-state index in [2.05, 4.69) is 15.9 Å². The largest absolute Gasteiger partial charge is 0.337 e. The quantitative estimate of drug-likeness (QED) is 0.765. The fourth-order valence-electron chi connectivity index (χ4n) is 1.86. The van der Waals surface area contributed by atoms with Crippen LogP contribution >= 0.6 is 27.5 Å². The zero-order valence-electron chi connectivity index (χ0n) is 11.0. The highest BCUT2D eigenvalue weighted by molar-refractivity contribution is 9.10. The highest BCUT2D eigenvalue weighted by Gasteiger charge is 2.19. The second kappa shape index (κ2) is 6.54. The van der Waals surface area contributed by atoms with Gasteiger partial charge in [-0.15, -0.1) is 0 Å². The van der Waals surface area contributed by atoms with Crippen LogP contribution in [-0.2, 0) is 6.54 Å². The molecule has 0 aliphatic heterocycles. The molecule has 0 aliphatic rings. The topological polar surface area (TPSA) is 20.3 Å². The van der Waals surface area contributed by atoms with Crippen LogP contribution in [0.3, 0.4) is 0 Å². The molecule has 0 atom stereocenters. The van der Waals surface area contributed by atoms with Crippen LogP contribution in [0.1, 0.15) is 15.9 Å². The molecule has 0 heterocycles. The summed E-state index contributed by atoms with van der Waals surface area (Å²) in [6, 6.07) is 8.37. The van der Waals surface area contributed by atoms with Crippen LogP contribution in [0.2, 0.25) is 5.02 Å². The van der Waals surface area contributed by atoms with Crippen LogP contribution in [0.15, 0.2) is 40.9 Å². The van der Waals surface area contributed by atoms with E-state index in [1.54, 1.807) is 0 Å². The summed E-state index contributed by atoms with van der Waals surface area (Å²) in [4.78, 5) is 13.5. The molecule has 6 heteroatoms. The number of rotatable bonds is 3. The molecule has 21 heavy (non-hydrogen) atoms. The van der Waals surface area contributed by atoms with Crippen molar-refractivity contribution in [3.63, 3.8) is 0 Å². The lowest BCUT2D eigenvalue weighted by atomic mass is 10.1. The van der Waals surface area contributed by atoms with E-state index in [9.17, 15) is 13.6 Å². The van der Waals surface area contributed by atoms with E-state index in [4.69, 9.17) is 11.6 Å². The molecule has 0 spiro atoms. The standard InChI is InChI=1S/C15H11BrClF2NO/c1-20(8-11-12(17)3-2-4-13(11)18)15(21)10-7-9(16)5-6-14(10)19/h2-7H,8H2,1H3. The molecule has 0 aromatic heterocycles. The number of carbonyl (C=O) groups excluding carboxylic acids is 1. The van der Waals surface area contributed by atoms with Gasteiger partial charge in [-0.1, -0.05) is 33.6 Å². The van der Waals surface area contributed by atoms with E-state index in [0.29, 0.717) is 4.47 Å². The Kier molecular flexibility index (Phi) is 4.96. The van der Waals surface area contributed by atoms with E-state index >= 15 is 0 Å². The van der Waals surface area contributed by atoms with Crippen LogP contribution in [0.5, 0.6) is 0 Å². The van der Waals surface area contributed by atoms with E-state index in [1.807, 2.05) is 0 Å². The van der Waals surface area contributed by atoms with E-state index < -0.39 is 17.5 Å². The van der Waals surface area contributed by atoms with Crippen molar-refractivity contribution in [1.82, 2.24) is 4.90 Å². The Balaban J connectivity index is 2.26.